The lowest BCUT2D eigenvalue weighted by molar-refractivity contribution is -0.302. The molecule has 1 aliphatic heterocycles. The van der Waals surface area contributed by atoms with E-state index in [1.807, 2.05) is 6.08 Å². The van der Waals surface area contributed by atoms with Gasteiger partial charge in [-0.15, -0.1) is 0 Å². The molecule has 6 N–H and O–H groups in total. The lowest BCUT2D eigenvalue weighted by Gasteiger charge is -2.40. The van der Waals surface area contributed by atoms with Gasteiger partial charge in [0, 0.05) is 12.8 Å². The third kappa shape index (κ3) is 50.4. The molecular formula is C73H133NO10. The van der Waals surface area contributed by atoms with Gasteiger partial charge in [0.2, 0.25) is 5.91 Å². The topological polar surface area (TPSA) is 175 Å². The molecule has 0 aliphatic carbocycles. The number of esters is 1. The van der Waals surface area contributed by atoms with E-state index in [1.165, 1.54) is 238 Å². The van der Waals surface area contributed by atoms with Crippen LogP contribution in [0.1, 0.15) is 328 Å². The van der Waals surface area contributed by atoms with Gasteiger partial charge in [0.25, 0.3) is 0 Å². The molecule has 1 heterocycles. The van der Waals surface area contributed by atoms with E-state index in [1.54, 1.807) is 6.08 Å². The van der Waals surface area contributed by atoms with Crippen molar-refractivity contribution in [3.63, 3.8) is 0 Å². The van der Waals surface area contributed by atoms with Crippen molar-refractivity contribution in [1.29, 1.82) is 0 Å². The molecule has 1 saturated heterocycles. The molecule has 0 aromatic carbocycles. The van der Waals surface area contributed by atoms with Gasteiger partial charge in [0.05, 0.1) is 32.0 Å². The Morgan fingerprint density at radius 1 is 0.440 bits per heavy atom. The number of aliphatic hydroxyl groups excluding tert-OH is 5. The third-order valence-corrected chi connectivity index (χ3v) is 16.6. The zero-order valence-electron chi connectivity index (χ0n) is 54.4. The molecule has 0 aromatic rings. The second kappa shape index (κ2) is 62.0. The number of allylic oxidation sites excluding steroid dienone is 9. The van der Waals surface area contributed by atoms with Crippen molar-refractivity contribution < 1.29 is 49.3 Å². The summed E-state index contributed by atoms with van der Waals surface area (Å²) in [7, 11) is 0. The number of ether oxygens (including phenoxy) is 3. The largest absolute Gasteiger partial charge is 0.466 e. The lowest BCUT2D eigenvalue weighted by atomic mass is 9.99. The highest BCUT2D eigenvalue weighted by Crippen LogP contribution is 2.23. The Bertz CT molecular complexity index is 1580. The molecule has 490 valence electrons. The Hall–Kier alpha value is -2.64. The van der Waals surface area contributed by atoms with E-state index in [9.17, 15) is 35.1 Å². The Balaban J connectivity index is 2.00. The van der Waals surface area contributed by atoms with Gasteiger partial charge in [-0.2, -0.15) is 0 Å². The second-order valence-electron chi connectivity index (χ2n) is 24.6. The minimum Gasteiger partial charge on any atom is -0.466 e. The summed E-state index contributed by atoms with van der Waals surface area (Å²) in [6.07, 6.45) is 72.1. The predicted octanol–water partition coefficient (Wildman–Crippen LogP) is 18.1. The van der Waals surface area contributed by atoms with Crippen LogP contribution in [0.2, 0.25) is 0 Å². The fourth-order valence-corrected chi connectivity index (χ4v) is 10.9. The van der Waals surface area contributed by atoms with Gasteiger partial charge < -0.3 is 45.1 Å². The first-order chi connectivity index (χ1) is 41.2. The first-order valence-corrected chi connectivity index (χ1v) is 35.6. The van der Waals surface area contributed by atoms with Gasteiger partial charge in [0.1, 0.15) is 24.4 Å². The molecule has 1 amide bonds. The Morgan fingerprint density at radius 3 is 1.29 bits per heavy atom. The first-order valence-electron chi connectivity index (χ1n) is 35.6. The van der Waals surface area contributed by atoms with E-state index < -0.39 is 49.5 Å². The normalized spacial score (nSPS) is 18.4. The summed E-state index contributed by atoms with van der Waals surface area (Å²) >= 11 is 0. The van der Waals surface area contributed by atoms with E-state index in [2.05, 4.69) is 67.8 Å². The SMILES string of the molecule is CCCC/C=C\CCCCCCCC(=O)OCCCCCCCCCCC/C=C\C/C=C\CCCCCCCCCCCCCCCCCC(=O)NC(COC1OC(CO)C(O)C(O)C1O)C(O)/C=C/CC/C=C/CCCCCCCCCC. The number of unbranched alkanes of at least 4 members (excludes halogenated alkanes) is 40. The van der Waals surface area contributed by atoms with E-state index in [0.717, 1.165) is 64.2 Å². The first kappa shape index (κ1) is 79.4. The average molecular weight is 1180 g/mol. The highest BCUT2D eigenvalue weighted by molar-refractivity contribution is 5.76. The molecule has 84 heavy (non-hydrogen) atoms. The summed E-state index contributed by atoms with van der Waals surface area (Å²) in [5.41, 5.74) is 0. The molecular weight excluding hydrogens is 1050 g/mol. The van der Waals surface area contributed by atoms with Crippen LogP contribution in [0.25, 0.3) is 0 Å². The molecule has 7 unspecified atom stereocenters. The van der Waals surface area contributed by atoms with Gasteiger partial charge in [-0.1, -0.05) is 280 Å². The minimum atomic E-state index is -1.58. The number of hydrogen-bond acceptors (Lipinski definition) is 10. The highest BCUT2D eigenvalue weighted by atomic mass is 16.7. The maximum absolute atomic E-state index is 13.1. The summed E-state index contributed by atoms with van der Waals surface area (Å²) in [4.78, 5) is 25.1. The highest BCUT2D eigenvalue weighted by Gasteiger charge is 2.44. The van der Waals surface area contributed by atoms with Crippen LogP contribution in [0.5, 0.6) is 0 Å². The average Bonchev–Trinajstić information content (AvgIpc) is 3.63. The zero-order chi connectivity index (χ0) is 60.9. The maximum atomic E-state index is 13.1. The van der Waals surface area contributed by atoms with Crippen LogP contribution in [0.3, 0.4) is 0 Å². The van der Waals surface area contributed by atoms with Crippen molar-refractivity contribution in [3.05, 3.63) is 60.8 Å². The van der Waals surface area contributed by atoms with Crippen LogP contribution in [-0.4, -0.2) is 100 Å². The van der Waals surface area contributed by atoms with Gasteiger partial charge in [-0.05, 0) is 96.3 Å². The number of nitrogens with one attached hydrogen (secondary N) is 1. The van der Waals surface area contributed by atoms with Crippen LogP contribution in [0, 0.1) is 0 Å². The zero-order valence-corrected chi connectivity index (χ0v) is 54.4. The molecule has 11 nitrogen and oxygen atoms in total. The number of aliphatic hydroxyl groups is 5. The van der Waals surface area contributed by atoms with Crippen molar-refractivity contribution in [1.82, 2.24) is 5.32 Å². The molecule has 0 bridgehead atoms. The van der Waals surface area contributed by atoms with E-state index in [-0.39, 0.29) is 18.5 Å². The van der Waals surface area contributed by atoms with Crippen molar-refractivity contribution in [2.75, 3.05) is 19.8 Å². The summed E-state index contributed by atoms with van der Waals surface area (Å²) in [6.45, 7) is 4.30. The summed E-state index contributed by atoms with van der Waals surface area (Å²) < 4.78 is 16.7. The molecule has 0 spiro atoms. The molecule has 1 rings (SSSR count). The van der Waals surface area contributed by atoms with Crippen molar-refractivity contribution in [2.45, 2.75) is 371 Å². The summed E-state index contributed by atoms with van der Waals surface area (Å²) in [5, 5.41) is 54.5. The Kier molecular flexibility index (Phi) is 58.6. The van der Waals surface area contributed by atoms with Crippen LogP contribution in [0.15, 0.2) is 60.8 Å². The third-order valence-electron chi connectivity index (χ3n) is 16.6. The quantitative estimate of drug-likeness (QED) is 0.0195. The number of hydrogen-bond donors (Lipinski definition) is 6. The molecule has 0 aromatic heterocycles. The standard InChI is InChI=1S/C73H133NO10/c1-3-5-7-9-11-13-15-16-36-40-43-47-51-55-59-66(76)65(64-83-73-72(81)71(80)70(79)67(63-75)84-73)74-68(77)60-56-52-48-44-41-37-34-32-30-28-26-24-22-20-18-17-19-21-23-25-27-29-31-33-35-38-42-46-50-54-58-62-82-69(78)61-57-53-49-45-39-14-12-10-8-6-4-2/h10,12,19,21,25,27,40,43,55,59,65-67,70-73,75-76,79-81H,3-9,11,13-18,20,22-24,26,28-39,41-42,44-54,56-58,60-64H2,1-2H3,(H,74,77)/b12-10-,21-19-,27-25-,43-40+,59-55+. The number of amides is 1. The predicted molar refractivity (Wildman–Crippen MR) is 352 cm³/mol. The summed E-state index contributed by atoms with van der Waals surface area (Å²) in [5.74, 6) is -0.197. The fourth-order valence-electron chi connectivity index (χ4n) is 10.9. The smallest absolute Gasteiger partial charge is 0.305 e. The molecule has 11 heteroatoms. The Labute approximate surface area is 516 Å². The van der Waals surface area contributed by atoms with Crippen molar-refractivity contribution in [3.8, 4) is 0 Å². The van der Waals surface area contributed by atoms with Crippen LogP contribution in [0.4, 0.5) is 0 Å². The van der Waals surface area contributed by atoms with Crippen LogP contribution in [-0.2, 0) is 23.8 Å². The minimum absolute atomic E-state index is 0.00640. The lowest BCUT2D eigenvalue weighted by Crippen LogP contribution is -2.60. The van der Waals surface area contributed by atoms with E-state index in [4.69, 9.17) is 14.2 Å². The van der Waals surface area contributed by atoms with Gasteiger partial charge in [0.15, 0.2) is 6.29 Å². The summed E-state index contributed by atoms with van der Waals surface area (Å²) in [6, 6.07) is -0.828. The maximum Gasteiger partial charge on any atom is 0.305 e. The number of carbonyl (C=O) groups is 2. The molecule has 0 radical (unpaired) electrons. The Morgan fingerprint density at radius 2 is 0.821 bits per heavy atom. The van der Waals surface area contributed by atoms with Crippen molar-refractivity contribution >= 4 is 11.9 Å². The van der Waals surface area contributed by atoms with E-state index >= 15 is 0 Å². The fraction of sp³-hybridized carbons (Fsp3) is 0.836. The van der Waals surface area contributed by atoms with Crippen molar-refractivity contribution in [2.24, 2.45) is 0 Å². The molecule has 7 atom stereocenters. The van der Waals surface area contributed by atoms with Crippen LogP contribution < -0.4 is 5.32 Å². The van der Waals surface area contributed by atoms with Gasteiger partial charge in [-0.3, -0.25) is 9.59 Å². The second-order valence-corrected chi connectivity index (χ2v) is 24.6. The number of carbonyl (C=O) groups excluding carboxylic acids is 2. The molecule has 1 aliphatic rings. The van der Waals surface area contributed by atoms with Crippen LogP contribution >= 0.6 is 0 Å². The van der Waals surface area contributed by atoms with E-state index in [0.29, 0.717) is 19.4 Å². The molecule has 0 saturated carbocycles. The van der Waals surface area contributed by atoms with Gasteiger partial charge in [-0.25, -0.2) is 0 Å². The monoisotopic (exact) mass is 1180 g/mol. The molecule has 1 fully saturated rings. The number of rotatable bonds is 62. The van der Waals surface area contributed by atoms with Gasteiger partial charge >= 0.3 is 5.97 Å².